The van der Waals surface area contributed by atoms with Crippen molar-refractivity contribution in [3.05, 3.63) is 0 Å². The number of unbranched alkanes of at least 4 members (excludes halogenated alkanes) is 12. The van der Waals surface area contributed by atoms with Gasteiger partial charge in [-0.1, -0.05) is 0 Å². The van der Waals surface area contributed by atoms with Gasteiger partial charge >= 0.3 is 280 Å². The molecule has 0 heterocycles. The molecule has 0 fully saturated rings. The van der Waals surface area contributed by atoms with E-state index in [1.165, 1.54) is 135 Å². The van der Waals surface area contributed by atoms with Crippen LogP contribution in [0.25, 0.3) is 0 Å². The van der Waals surface area contributed by atoms with Crippen LogP contribution in [0.15, 0.2) is 0 Å². The van der Waals surface area contributed by atoms with Crippen LogP contribution in [0.2, 0.25) is 0 Å². The number of rotatable bonds is 33. The van der Waals surface area contributed by atoms with Gasteiger partial charge in [-0.2, -0.15) is 0 Å². The van der Waals surface area contributed by atoms with Gasteiger partial charge in [0.15, 0.2) is 0 Å². The molecule has 0 amide bonds. The van der Waals surface area contributed by atoms with Crippen LogP contribution >= 0.6 is 22.4 Å². The second-order valence-corrected chi connectivity index (χ2v) is 29.7. The van der Waals surface area contributed by atoms with Gasteiger partial charge < -0.3 is 0 Å². The van der Waals surface area contributed by atoms with E-state index in [0.717, 1.165) is 5.40 Å². The molecular formula is C40H89P3. The van der Waals surface area contributed by atoms with Crippen LogP contribution in [-0.4, -0.2) is 60.9 Å². The molecule has 0 aliphatic rings. The van der Waals surface area contributed by atoms with Gasteiger partial charge in [-0.3, -0.25) is 0 Å². The Morgan fingerprint density at radius 2 is 0.558 bits per heavy atom. The van der Waals surface area contributed by atoms with Crippen molar-refractivity contribution in [1.82, 2.24) is 0 Å². The Morgan fingerprint density at radius 1 is 0.326 bits per heavy atom. The van der Waals surface area contributed by atoms with Crippen LogP contribution in [0.3, 0.4) is 0 Å². The van der Waals surface area contributed by atoms with Gasteiger partial charge in [-0.15, -0.1) is 0 Å². The molecule has 3 heteroatoms. The molecule has 0 radical (unpaired) electrons. The molecule has 0 aliphatic heterocycles. The first kappa shape index (κ1) is 44.3. The van der Waals surface area contributed by atoms with E-state index in [4.69, 9.17) is 0 Å². The second-order valence-electron chi connectivity index (χ2n) is 15.6. The van der Waals surface area contributed by atoms with E-state index < -0.39 is 13.2 Å². The van der Waals surface area contributed by atoms with Crippen molar-refractivity contribution in [1.29, 1.82) is 0 Å². The van der Waals surface area contributed by atoms with Crippen molar-refractivity contribution in [2.24, 2.45) is 0 Å². The van der Waals surface area contributed by atoms with Gasteiger partial charge in [0, 0.05) is 0 Å². The summed E-state index contributed by atoms with van der Waals surface area (Å²) in [5, 5.41) is 1.14. The van der Waals surface area contributed by atoms with Crippen molar-refractivity contribution >= 4 is 22.4 Å². The summed E-state index contributed by atoms with van der Waals surface area (Å²) in [7, 11) is 2.97. The van der Waals surface area contributed by atoms with Crippen molar-refractivity contribution in [2.45, 2.75) is 202 Å². The molecule has 0 rings (SSSR count). The average molecular weight is 663 g/mol. The van der Waals surface area contributed by atoms with Crippen LogP contribution in [0.1, 0.15) is 197 Å². The summed E-state index contributed by atoms with van der Waals surface area (Å²) in [4.78, 5) is 0. The second kappa shape index (κ2) is 25.3. The summed E-state index contributed by atoms with van der Waals surface area (Å²) in [5.41, 5.74) is 0. The van der Waals surface area contributed by atoms with Gasteiger partial charge in [0.1, 0.15) is 0 Å². The number of hydrogen-bond acceptors (Lipinski definition) is 0. The SMILES string of the molecule is CCCCP(CCCC)(CCCC)(CCCC)C(CCCCCCCP)P(CCCC)(CCCC)(CCCC)CCCC. The quantitative estimate of drug-likeness (QED) is 0.0485. The molecule has 264 valence electrons. The Bertz CT molecular complexity index is 496. The van der Waals surface area contributed by atoms with Crippen LogP contribution in [0, 0.1) is 0 Å². The molecule has 1 atom stereocenters. The van der Waals surface area contributed by atoms with E-state index in [0.29, 0.717) is 0 Å². The third-order valence-electron chi connectivity index (χ3n) is 12.3. The summed E-state index contributed by atoms with van der Waals surface area (Å²) >= 11 is 0. The van der Waals surface area contributed by atoms with E-state index in [9.17, 15) is 0 Å². The Labute approximate surface area is 279 Å². The maximum atomic E-state index is 2.97. The summed E-state index contributed by atoms with van der Waals surface area (Å²) in [6, 6.07) is 0. The van der Waals surface area contributed by atoms with E-state index in [1.807, 2.05) is 0 Å². The fourth-order valence-corrected chi connectivity index (χ4v) is 36.6. The van der Waals surface area contributed by atoms with Gasteiger partial charge in [-0.05, 0) is 0 Å². The first-order chi connectivity index (χ1) is 20.8. The first-order valence-electron chi connectivity index (χ1n) is 20.5. The van der Waals surface area contributed by atoms with Crippen LogP contribution in [0.4, 0.5) is 0 Å². The van der Waals surface area contributed by atoms with E-state index in [1.54, 1.807) is 62.1 Å². The summed E-state index contributed by atoms with van der Waals surface area (Å²) in [6.07, 6.45) is 47.2. The molecule has 43 heavy (non-hydrogen) atoms. The topological polar surface area (TPSA) is 0 Å². The zero-order valence-corrected chi connectivity index (χ0v) is 34.9. The molecule has 0 bridgehead atoms. The van der Waals surface area contributed by atoms with E-state index >= 15 is 0 Å². The summed E-state index contributed by atoms with van der Waals surface area (Å²) in [6.45, 7) is 16.1. The predicted octanol–water partition coefficient (Wildman–Crippen LogP) is 15.0. The fourth-order valence-electron chi connectivity index (χ4n) is 9.87. The van der Waals surface area contributed by atoms with Gasteiger partial charge in [0.2, 0.25) is 0 Å². The van der Waals surface area contributed by atoms with Crippen molar-refractivity contribution in [3.63, 3.8) is 0 Å². The molecule has 0 spiro atoms. The Kier molecular flexibility index (Phi) is 26.1. The van der Waals surface area contributed by atoms with Crippen LogP contribution < -0.4 is 0 Å². The minimum atomic E-state index is -2.02. The third kappa shape index (κ3) is 13.7. The van der Waals surface area contributed by atoms with Crippen LogP contribution in [-0.2, 0) is 0 Å². The molecule has 0 aromatic heterocycles. The molecule has 0 saturated carbocycles. The zero-order valence-electron chi connectivity index (χ0n) is 32.0. The van der Waals surface area contributed by atoms with E-state index in [2.05, 4.69) is 64.6 Å². The first-order valence-corrected chi connectivity index (χ1v) is 27.4. The predicted molar refractivity (Wildman–Crippen MR) is 218 cm³/mol. The molecule has 0 aliphatic carbocycles. The normalized spacial score (nSPS) is 15.2. The fraction of sp³-hybridized carbons (Fsp3) is 1.00. The van der Waals surface area contributed by atoms with Gasteiger partial charge in [0.05, 0.1) is 0 Å². The standard InChI is InChI=1S/C40H89P3/c1-9-17-32-42(33-18-10-2,34-19-11-3,35-20-12-4)40(30-28-26-25-27-29-31-41)43(36-21-13-5,37-22-14-6,38-23-15-7)39-24-16-8/h40H,9-39,41H2,1-8H3. The summed E-state index contributed by atoms with van der Waals surface area (Å²) < 4.78 is 0. The molecule has 0 aromatic rings. The van der Waals surface area contributed by atoms with Crippen LogP contribution in [0.5, 0.6) is 0 Å². The van der Waals surface area contributed by atoms with Gasteiger partial charge in [-0.25, -0.2) is 0 Å². The van der Waals surface area contributed by atoms with Crippen molar-refractivity contribution < 1.29 is 0 Å². The molecule has 1 unspecified atom stereocenters. The van der Waals surface area contributed by atoms with Crippen molar-refractivity contribution in [3.8, 4) is 0 Å². The maximum absolute atomic E-state index is 2.97. The molecule has 0 N–H and O–H groups in total. The molecule has 0 saturated heterocycles. The minimum absolute atomic E-state index is 1.14. The average Bonchev–Trinajstić information content (AvgIpc) is 3.04. The molecule has 0 aromatic carbocycles. The van der Waals surface area contributed by atoms with Gasteiger partial charge in [0.25, 0.3) is 0 Å². The Balaban J connectivity index is 7.88. The summed E-state index contributed by atoms with van der Waals surface area (Å²) in [5.74, 6) is 0. The van der Waals surface area contributed by atoms with Crippen molar-refractivity contribution in [2.75, 3.05) is 55.5 Å². The third-order valence-corrected chi connectivity index (χ3v) is 32.7. The number of hydrogen-bond donors (Lipinski definition) is 0. The zero-order chi connectivity index (χ0) is 32.4. The Morgan fingerprint density at radius 3 is 0.791 bits per heavy atom. The molecule has 0 nitrogen and oxygen atoms in total. The monoisotopic (exact) mass is 663 g/mol. The Hall–Kier alpha value is 1.29. The molecular weight excluding hydrogens is 573 g/mol. The van der Waals surface area contributed by atoms with E-state index in [-0.39, 0.29) is 0 Å².